The second-order valence-corrected chi connectivity index (χ2v) is 4.19. The Balaban J connectivity index is 2.25. The molecular formula is C13H10ClN3O. The smallest absolute Gasteiger partial charge is 0.225 e. The van der Waals surface area contributed by atoms with Crippen LogP contribution < -0.4 is 4.74 Å². The van der Waals surface area contributed by atoms with Gasteiger partial charge in [0.1, 0.15) is 5.82 Å². The van der Waals surface area contributed by atoms with Gasteiger partial charge in [0.15, 0.2) is 0 Å². The van der Waals surface area contributed by atoms with E-state index < -0.39 is 0 Å². The van der Waals surface area contributed by atoms with E-state index in [1.807, 2.05) is 24.3 Å². The van der Waals surface area contributed by atoms with E-state index in [1.54, 1.807) is 19.4 Å². The molecule has 1 N–H and O–H groups in total. The normalized spacial score (nSPS) is 10.8. The maximum absolute atomic E-state index is 6.19. The van der Waals surface area contributed by atoms with Gasteiger partial charge in [0.05, 0.1) is 28.7 Å². The lowest BCUT2D eigenvalue weighted by molar-refractivity contribution is 0.399. The van der Waals surface area contributed by atoms with Gasteiger partial charge >= 0.3 is 0 Å². The Bertz CT molecular complexity index is 675. The van der Waals surface area contributed by atoms with Crippen molar-refractivity contribution in [1.29, 1.82) is 0 Å². The highest BCUT2D eigenvalue weighted by atomic mass is 35.5. The molecule has 0 saturated carbocycles. The molecule has 2 aromatic heterocycles. The fraction of sp³-hybridized carbons (Fsp3) is 0.0769. The minimum absolute atomic E-state index is 0.460. The predicted octanol–water partition coefficient (Wildman–Crippen LogP) is 3.29. The summed E-state index contributed by atoms with van der Waals surface area (Å²) in [5, 5.41) is 0.556. The Morgan fingerprint density at radius 2 is 2.06 bits per heavy atom. The minimum Gasteiger partial charge on any atom is -0.480 e. The molecule has 2 heterocycles. The van der Waals surface area contributed by atoms with E-state index in [4.69, 9.17) is 16.3 Å². The molecule has 0 bridgehead atoms. The fourth-order valence-corrected chi connectivity index (χ4v) is 2.09. The van der Waals surface area contributed by atoms with E-state index in [2.05, 4.69) is 15.0 Å². The van der Waals surface area contributed by atoms with Gasteiger partial charge in [-0.25, -0.2) is 9.97 Å². The summed E-state index contributed by atoms with van der Waals surface area (Å²) in [5.41, 5.74) is 2.52. The molecule has 5 heteroatoms. The van der Waals surface area contributed by atoms with Gasteiger partial charge in [0.25, 0.3) is 0 Å². The molecule has 0 atom stereocenters. The highest BCUT2D eigenvalue weighted by Crippen LogP contribution is 2.33. The van der Waals surface area contributed by atoms with E-state index in [1.165, 1.54) is 0 Å². The number of rotatable bonds is 2. The number of benzene rings is 1. The summed E-state index contributed by atoms with van der Waals surface area (Å²) >= 11 is 6.19. The Kier molecular flexibility index (Phi) is 2.64. The standard InChI is InChI=1S/C13H10ClN3O/c1-18-13-11(8(14)6-7-15-13)12-16-9-4-2-3-5-10(9)17-12/h2-7H,1H3,(H,16,17). The van der Waals surface area contributed by atoms with Crippen LogP contribution in [0, 0.1) is 0 Å². The third-order valence-electron chi connectivity index (χ3n) is 2.68. The first-order valence-corrected chi connectivity index (χ1v) is 5.81. The van der Waals surface area contributed by atoms with Gasteiger partial charge in [-0.05, 0) is 18.2 Å². The molecule has 90 valence electrons. The molecule has 4 nitrogen and oxygen atoms in total. The van der Waals surface area contributed by atoms with Gasteiger partial charge < -0.3 is 9.72 Å². The van der Waals surface area contributed by atoms with Crippen LogP contribution in [0.15, 0.2) is 36.5 Å². The number of pyridine rings is 1. The van der Waals surface area contributed by atoms with Crippen LogP contribution in [0.4, 0.5) is 0 Å². The molecule has 0 aliphatic rings. The first kappa shape index (κ1) is 11.0. The van der Waals surface area contributed by atoms with Crippen LogP contribution in [0.25, 0.3) is 22.4 Å². The Morgan fingerprint density at radius 1 is 1.22 bits per heavy atom. The third-order valence-corrected chi connectivity index (χ3v) is 3.00. The van der Waals surface area contributed by atoms with Crippen molar-refractivity contribution in [3.63, 3.8) is 0 Å². The number of nitrogens with zero attached hydrogens (tertiary/aromatic N) is 2. The Morgan fingerprint density at radius 3 is 2.83 bits per heavy atom. The molecule has 18 heavy (non-hydrogen) atoms. The molecular weight excluding hydrogens is 250 g/mol. The van der Waals surface area contributed by atoms with E-state index in [-0.39, 0.29) is 0 Å². The number of H-pyrrole nitrogens is 1. The van der Waals surface area contributed by atoms with Crippen LogP contribution in [0.2, 0.25) is 5.02 Å². The van der Waals surface area contributed by atoms with Gasteiger partial charge in [-0.1, -0.05) is 23.7 Å². The molecule has 0 aliphatic heterocycles. The molecule has 1 aromatic carbocycles. The fourth-order valence-electron chi connectivity index (χ4n) is 1.86. The molecule has 0 saturated heterocycles. The molecule has 0 fully saturated rings. The van der Waals surface area contributed by atoms with Crippen molar-refractivity contribution < 1.29 is 4.74 Å². The highest BCUT2D eigenvalue weighted by molar-refractivity contribution is 6.33. The summed E-state index contributed by atoms with van der Waals surface area (Å²) in [4.78, 5) is 11.8. The average molecular weight is 260 g/mol. The number of ether oxygens (including phenoxy) is 1. The van der Waals surface area contributed by atoms with Crippen molar-refractivity contribution in [3.8, 4) is 17.3 Å². The summed E-state index contributed by atoms with van der Waals surface area (Å²) in [5.74, 6) is 1.12. The molecule has 0 amide bonds. The summed E-state index contributed by atoms with van der Waals surface area (Å²) in [6.45, 7) is 0. The quantitative estimate of drug-likeness (QED) is 0.768. The van der Waals surface area contributed by atoms with Crippen LogP contribution in [0.3, 0.4) is 0 Å². The van der Waals surface area contributed by atoms with Crippen LogP contribution in [-0.2, 0) is 0 Å². The maximum Gasteiger partial charge on any atom is 0.225 e. The zero-order chi connectivity index (χ0) is 12.5. The number of aromatic amines is 1. The number of aromatic nitrogens is 3. The van der Waals surface area contributed by atoms with Crippen molar-refractivity contribution in [3.05, 3.63) is 41.6 Å². The van der Waals surface area contributed by atoms with E-state index >= 15 is 0 Å². The molecule has 0 radical (unpaired) electrons. The number of para-hydroxylation sites is 2. The third kappa shape index (κ3) is 1.71. The molecule has 3 rings (SSSR count). The van der Waals surface area contributed by atoms with Gasteiger partial charge in [-0.15, -0.1) is 0 Å². The number of halogens is 1. The SMILES string of the molecule is COc1nccc(Cl)c1-c1nc2ccccc2[nH]1. The van der Waals surface area contributed by atoms with Crippen LogP contribution in [-0.4, -0.2) is 22.1 Å². The number of hydrogen-bond acceptors (Lipinski definition) is 3. The zero-order valence-corrected chi connectivity index (χ0v) is 10.4. The Labute approximate surface area is 109 Å². The Hall–Kier alpha value is -2.07. The van der Waals surface area contributed by atoms with Crippen LogP contribution in [0.5, 0.6) is 5.88 Å². The number of hydrogen-bond donors (Lipinski definition) is 1. The summed E-state index contributed by atoms with van der Waals surface area (Å²) < 4.78 is 5.22. The number of fused-ring (bicyclic) bond motifs is 1. The molecule has 3 aromatic rings. The maximum atomic E-state index is 6.19. The lowest BCUT2D eigenvalue weighted by Crippen LogP contribution is -1.93. The van der Waals surface area contributed by atoms with Crippen molar-refractivity contribution in [2.45, 2.75) is 0 Å². The second kappa shape index (κ2) is 4.31. The average Bonchev–Trinajstić information content (AvgIpc) is 2.81. The molecule has 0 unspecified atom stereocenters. The molecule has 0 spiro atoms. The van der Waals surface area contributed by atoms with Crippen LogP contribution >= 0.6 is 11.6 Å². The number of imidazole rings is 1. The zero-order valence-electron chi connectivity index (χ0n) is 9.64. The van der Waals surface area contributed by atoms with Crippen molar-refractivity contribution in [1.82, 2.24) is 15.0 Å². The first-order valence-electron chi connectivity index (χ1n) is 5.43. The number of nitrogens with one attached hydrogen (secondary N) is 1. The lowest BCUT2D eigenvalue weighted by atomic mass is 10.2. The first-order chi connectivity index (χ1) is 8.79. The van der Waals surface area contributed by atoms with Crippen molar-refractivity contribution in [2.24, 2.45) is 0 Å². The number of methoxy groups -OCH3 is 1. The largest absolute Gasteiger partial charge is 0.480 e. The van der Waals surface area contributed by atoms with Crippen molar-refractivity contribution >= 4 is 22.6 Å². The second-order valence-electron chi connectivity index (χ2n) is 3.78. The minimum atomic E-state index is 0.460. The topological polar surface area (TPSA) is 50.8 Å². The predicted molar refractivity (Wildman–Crippen MR) is 70.9 cm³/mol. The highest BCUT2D eigenvalue weighted by Gasteiger charge is 2.15. The molecule has 0 aliphatic carbocycles. The lowest BCUT2D eigenvalue weighted by Gasteiger charge is -2.05. The van der Waals surface area contributed by atoms with E-state index in [0.29, 0.717) is 22.3 Å². The van der Waals surface area contributed by atoms with Gasteiger partial charge in [-0.3, -0.25) is 0 Å². The van der Waals surface area contributed by atoms with Crippen molar-refractivity contribution in [2.75, 3.05) is 7.11 Å². The summed E-state index contributed by atoms with van der Waals surface area (Å²) in [6.07, 6.45) is 1.60. The summed E-state index contributed by atoms with van der Waals surface area (Å²) in [7, 11) is 1.56. The van der Waals surface area contributed by atoms with Gasteiger partial charge in [0, 0.05) is 6.20 Å². The van der Waals surface area contributed by atoms with Crippen LogP contribution in [0.1, 0.15) is 0 Å². The monoisotopic (exact) mass is 259 g/mol. The van der Waals surface area contributed by atoms with E-state index in [0.717, 1.165) is 11.0 Å². The van der Waals surface area contributed by atoms with E-state index in [9.17, 15) is 0 Å². The summed E-state index contributed by atoms with van der Waals surface area (Å²) in [6, 6.07) is 9.50. The van der Waals surface area contributed by atoms with Gasteiger partial charge in [0.2, 0.25) is 5.88 Å². The van der Waals surface area contributed by atoms with Gasteiger partial charge in [-0.2, -0.15) is 0 Å².